The Morgan fingerprint density at radius 3 is 2.32 bits per heavy atom. The second kappa shape index (κ2) is 6.14. The maximum atomic E-state index is 12.4. The van der Waals surface area contributed by atoms with Gasteiger partial charge in [-0.25, -0.2) is 13.1 Å². The predicted molar refractivity (Wildman–Crippen MR) is 91.1 cm³/mol. The van der Waals surface area contributed by atoms with Gasteiger partial charge >= 0.3 is 4.87 Å². The molecule has 0 amide bonds. The van der Waals surface area contributed by atoms with Crippen molar-refractivity contribution in [3.63, 3.8) is 0 Å². The average Bonchev–Trinajstić information content (AvgIpc) is 2.72. The van der Waals surface area contributed by atoms with Crippen molar-refractivity contribution >= 4 is 31.6 Å². The minimum atomic E-state index is -3.57. The van der Waals surface area contributed by atoms with Crippen molar-refractivity contribution in [1.29, 1.82) is 0 Å². The Bertz CT molecular complexity index is 832. The van der Waals surface area contributed by atoms with Gasteiger partial charge in [0.15, 0.2) is 0 Å². The zero-order valence-electron chi connectivity index (χ0n) is 13.5. The summed E-state index contributed by atoms with van der Waals surface area (Å²) in [5.74, 6) is 0.205. The average molecular weight is 342 g/mol. The van der Waals surface area contributed by atoms with Gasteiger partial charge in [-0.1, -0.05) is 25.2 Å². The molecule has 2 aromatic rings. The summed E-state index contributed by atoms with van der Waals surface area (Å²) < 4.78 is 29.9. The van der Waals surface area contributed by atoms with E-state index in [1.807, 2.05) is 34.6 Å². The van der Waals surface area contributed by atoms with E-state index in [4.69, 9.17) is 0 Å². The zero-order valence-corrected chi connectivity index (χ0v) is 15.1. The van der Waals surface area contributed by atoms with Crippen LogP contribution in [0.5, 0.6) is 0 Å². The van der Waals surface area contributed by atoms with Crippen LogP contribution in [0.2, 0.25) is 0 Å². The molecule has 0 spiro atoms. The van der Waals surface area contributed by atoms with Crippen LogP contribution >= 0.6 is 11.3 Å². The summed E-state index contributed by atoms with van der Waals surface area (Å²) in [4.78, 5) is 12.2. The third-order valence-corrected chi connectivity index (χ3v) is 6.23. The van der Waals surface area contributed by atoms with E-state index in [0.717, 1.165) is 16.9 Å². The summed E-state index contributed by atoms with van der Waals surface area (Å²) in [6.45, 7) is 9.64. The summed E-state index contributed by atoms with van der Waals surface area (Å²) in [7, 11) is -3.57. The molecule has 2 rings (SSSR count). The monoisotopic (exact) mass is 342 g/mol. The van der Waals surface area contributed by atoms with Gasteiger partial charge < -0.3 is 0 Å². The van der Waals surface area contributed by atoms with Crippen molar-refractivity contribution in [2.24, 2.45) is 5.92 Å². The predicted octanol–water partition coefficient (Wildman–Crippen LogP) is 2.97. The molecule has 5 nitrogen and oxygen atoms in total. The number of nitrogens with zero attached hydrogens (tertiary/aromatic N) is 1. The van der Waals surface area contributed by atoms with E-state index in [1.165, 1.54) is 0 Å². The standard InChI is InChI=1S/C15H22N2O3S2/c1-9(2)11(5)16-22(19,20)12-6-7-13-14(8-12)21-15(18)17(13)10(3)4/h6-11,16H,1-5H3/t11-/m0/s1. The Hall–Kier alpha value is -1.18. The molecule has 1 atom stereocenters. The Kier molecular flexibility index (Phi) is 4.79. The molecule has 0 saturated heterocycles. The van der Waals surface area contributed by atoms with Gasteiger partial charge in [-0.05, 0) is 44.9 Å². The molecule has 22 heavy (non-hydrogen) atoms. The van der Waals surface area contributed by atoms with Crippen molar-refractivity contribution < 1.29 is 8.42 Å². The minimum Gasteiger partial charge on any atom is -0.296 e. The second-order valence-electron chi connectivity index (χ2n) is 6.12. The van der Waals surface area contributed by atoms with E-state index >= 15 is 0 Å². The lowest BCUT2D eigenvalue weighted by Gasteiger charge is -2.17. The van der Waals surface area contributed by atoms with E-state index in [1.54, 1.807) is 22.8 Å². The molecule has 122 valence electrons. The molecule has 0 aliphatic carbocycles. The van der Waals surface area contributed by atoms with Crippen LogP contribution in [0, 0.1) is 5.92 Å². The van der Waals surface area contributed by atoms with Gasteiger partial charge in [0.05, 0.1) is 15.1 Å². The fourth-order valence-corrected chi connectivity index (χ4v) is 4.67. The van der Waals surface area contributed by atoms with E-state index in [0.29, 0.717) is 4.70 Å². The smallest absolute Gasteiger partial charge is 0.296 e. The van der Waals surface area contributed by atoms with Gasteiger partial charge in [0.2, 0.25) is 10.0 Å². The maximum absolute atomic E-state index is 12.4. The highest BCUT2D eigenvalue weighted by molar-refractivity contribution is 7.89. The summed E-state index contributed by atoms with van der Waals surface area (Å²) in [5.41, 5.74) is 0.779. The number of rotatable bonds is 5. The lowest BCUT2D eigenvalue weighted by molar-refractivity contribution is 0.476. The molecule has 1 N–H and O–H groups in total. The molecule has 0 aliphatic heterocycles. The summed E-state index contributed by atoms with van der Waals surface area (Å²) >= 11 is 1.08. The van der Waals surface area contributed by atoms with E-state index in [2.05, 4.69) is 4.72 Å². The van der Waals surface area contributed by atoms with Gasteiger partial charge in [0.1, 0.15) is 0 Å². The highest BCUT2D eigenvalue weighted by Crippen LogP contribution is 2.24. The normalized spacial score (nSPS) is 14.1. The molecule has 0 aliphatic rings. The first-order chi connectivity index (χ1) is 10.1. The summed E-state index contributed by atoms with van der Waals surface area (Å²) in [6, 6.07) is 4.74. The van der Waals surface area contributed by atoms with Crippen LogP contribution in [0.1, 0.15) is 40.7 Å². The lowest BCUT2D eigenvalue weighted by Crippen LogP contribution is -2.36. The number of aromatic nitrogens is 1. The Balaban J connectivity index is 2.48. The van der Waals surface area contributed by atoms with Crippen molar-refractivity contribution in [2.75, 3.05) is 0 Å². The second-order valence-corrected chi connectivity index (χ2v) is 8.82. The number of nitrogens with one attached hydrogen (secondary N) is 1. The number of sulfonamides is 1. The summed E-state index contributed by atoms with van der Waals surface area (Å²) in [5, 5.41) is 0. The van der Waals surface area contributed by atoms with Crippen LogP contribution in [-0.2, 0) is 10.0 Å². The molecule has 1 aromatic heterocycles. The van der Waals surface area contributed by atoms with E-state index < -0.39 is 10.0 Å². The molecular weight excluding hydrogens is 320 g/mol. The zero-order chi connectivity index (χ0) is 16.7. The minimum absolute atomic E-state index is 0.0443. The van der Waals surface area contributed by atoms with Gasteiger partial charge in [-0.3, -0.25) is 9.36 Å². The molecule has 0 bridgehead atoms. The van der Waals surface area contributed by atoms with Crippen LogP contribution in [0.3, 0.4) is 0 Å². The van der Waals surface area contributed by atoms with Crippen LogP contribution in [0.25, 0.3) is 10.2 Å². The van der Waals surface area contributed by atoms with Gasteiger partial charge in [0, 0.05) is 12.1 Å². The molecule has 0 fully saturated rings. The number of fused-ring (bicyclic) bond motifs is 1. The Morgan fingerprint density at radius 1 is 1.14 bits per heavy atom. The van der Waals surface area contributed by atoms with Crippen LogP contribution in [0.4, 0.5) is 0 Å². The molecule has 0 radical (unpaired) electrons. The number of hydrogen-bond donors (Lipinski definition) is 1. The first-order valence-corrected chi connectivity index (χ1v) is 9.61. The van der Waals surface area contributed by atoms with Crippen LogP contribution in [0.15, 0.2) is 27.9 Å². The fourth-order valence-electron chi connectivity index (χ4n) is 2.12. The molecule has 0 unspecified atom stereocenters. The van der Waals surface area contributed by atoms with Crippen molar-refractivity contribution in [3.8, 4) is 0 Å². The Morgan fingerprint density at radius 2 is 1.77 bits per heavy atom. The first kappa shape index (κ1) is 17.2. The van der Waals surface area contributed by atoms with Gasteiger partial charge in [-0.15, -0.1) is 0 Å². The number of benzene rings is 1. The highest BCUT2D eigenvalue weighted by atomic mass is 32.2. The van der Waals surface area contributed by atoms with Crippen LogP contribution in [-0.4, -0.2) is 19.0 Å². The van der Waals surface area contributed by atoms with Gasteiger partial charge in [0.25, 0.3) is 0 Å². The SMILES string of the molecule is CC(C)[C@H](C)NS(=O)(=O)c1ccc2c(c1)sc(=O)n2C(C)C. The fraction of sp³-hybridized carbons (Fsp3) is 0.533. The molecule has 0 saturated carbocycles. The van der Waals surface area contributed by atoms with Crippen LogP contribution < -0.4 is 9.60 Å². The van der Waals surface area contributed by atoms with Gasteiger partial charge in [-0.2, -0.15) is 0 Å². The largest absolute Gasteiger partial charge is 0.308 e. The first-order valence-electron chi connectivity index (χ1n) is 7.31. The Labute approximate surface area is 135 Å². The van der Waals surface area contributed by atoms with Crippen molar-refractivity contribution in [1.82, 2.24) is 9.29 Å². The highest BCUT2D eigenvalue weighted by Gasteiger charge is 2.21. The third-order valence-electron chi connectivity index (χ3n) is 3.75. The van der Waals surface area contributed by atoms with Crippen molar-refractivity contribution in [2.45, 2.75) is 51.6 Å². The number of thiazole rings is 1. The molecule has 1 aromatic carbocycles. The third kappa shape index (κ3) is 3.26. The van der Waals surface area contributed by atoms with E-state index in [9.17, 15) is 13.2 Å². The lowest BCUT2D eigenvalue weighted by atomic mass is 10.1. The quantitative estimate of drug-likeness (QED) is 0.908. The maximum Gasteiger partial charge on any atom is 0.308 e. The number of hydrogen-bond acceptors (Lipinski definition) is 4. The summed E-state index contributed by atoms with van der Waals surface area (Å²) in [6.07, 6.45) is 0. The molecular formula is C15H22N2O3S2. The van der Waals surface area contributed by atoms with Crippen molar-refractivity contribution in [3.05, 3.63) is 27.9 Å². The topological polar surface area (TPSA) is 68.2 Å². The van der Waals surface area contributed by atoms with E-state index in [-0.39, 0.29) is 27.8 Å². The molecule has 1 heterocycles. The molecule has 7 heteroatoms.